The van der Waals surface area contributed by atoms with E-state index in [1.54, 1.807) is 23.3 Å². The molecular formula is C23H22N4OS. The van der Waals surface area contributed by atoms with Gasteiger partial charge in [-0.05, 0) is 40.8 Å². The van der Waals surface area contributed by atoms with Gasteiger partial charge in [0.25, 0.3) is 0 Å². The van der Waals surface area contributed by atoms with Crippen LogP contribution < -0.4 is 4.80 Å². The second kappa shape index (κ2) is 8.01. The third-order valence-electron chi connectivity index (χ3n) is 4.43. The number of pyridine rings is 1. The Balaban J connectivity index is 1.74. The number of hydrogen-bond donors (Lipinski definition) is 0. The molecule has 29 heavy (non-hydrogen) atoms. The van der Waals surface area contributed by atoms with Crippen molar-refractivity contribution in [2.45, 2.75) is 26.2 Å². The van der Waals surface area contributed by atoms with Crippen molar-refractivity contribution < 1.29 is 4.42 Å². The Morgan fingerprint density at radius 1 is 1.07 bits per heavy atom. The van der Waals surface area contributed by atoms with Crippen LogP contribution in [0.4, 0.5) is 5.69 Å². The van der Waals surface area contributed by atoms with E-state index in [1.165, 1.54) is 16.9 Å². The number of benzene rings is 1. The fourth-order valence-electron chi connectivity index (χ4n) is 2.81. The lowest BCUT2D eigenvalue weighted by Crippen LogP contribution is -2.12. The molecule has 4 rings (SSSR count). The van der Waals surface area contributed by atoms with Crippen LogP contribution in [0.2, 0.25) is 0 Å². The first-order valence-corrected chi connectivity index (χ1v) is 10.2. The van der Waals surface area contributed by atoms with Crippen molar-refractivity contribution in [2.75, 3.05) is 0 Å². The molecule has 0 atom stereocenters. The largest absolute Gasteiger partial charge is 0.463 e. The van der Waals surface area contributed by atoms with Gasteiger partial charge in [-0.3, -0.25) is 4.98 Å². The predicted octanol–water partition coefficient (Wildman–Crippen LogP) is 5.62. The van der Waals surface area contributed by atoms with Crippen LogP contribution in [-0.2, 0) is 5.41 Å². The van der Waals surface area contributed by atoms with Gasteiger partial charge in [-0.25, -0.2) is 9.67 Å². The van der Waals surface area contributed by atoms with E-state index in [-0.39, 0.29) is 5.41 Å². The van der Waals surface area contributed by atoms with Crippen LogP contribution >= 0.6 is 11.3 Å². The quantitative estimate of drug-likeness (QED) is 0.416. The molecule has 0 saturated heterocycles. The third-order valence-corrected chi connectivity index (χ3v) is 5.24. The van der Waals surface area contributed by atoms with E-state index in [4.69, 9.17) is 14.5 Å². The lowest BCUT2D eigenvalue weighted by atomic mass is 9.87. The molecule has 0 aliphatic carbocycles. The summed E-state index contributed by atoms with van der Waals surface area (Å²) in [6.45, 7) is 6.62. The molecule has 0 fully saturated rings. The predicted molar refractivity (Wildman–Crippen MR) is 118 cm³/mol. The van der Waals surface area contributed by atoms with Gasteiger partial charge in [0.05, 0.1) is 24.4 Å². The van der Waals surface area contributed by atoms with E-state index < -0.39 is 0 Å². The molecule has 0 aliphatic rings. The van der Waals surface area contributed by atoms with Gasteiger partial charge in [0, 0.05) is 11.6 Å². The number of hydrogen-bond acceptors (Lipinski definition) is 5. The summed E-state index contributed by atoms with van der Waals surface area (Å²) in [6, 6.07) is 16.0. The summed E-state index contributed by atoms with van der Waals surface area (Å²) in [5.74, 6) is 0.745. The molecule has 146 valence electrons. The molecule has 0 unspecified atom stereocenters. The number of thiazole rings is 1. The molecular weight excluding hydrogens is 380 g/mol. The van der Waals surface area contributed by atoms with Crippen LogP contribution in [0.3, 0.4) is 0 Å². The van der Waals surface area contributed by atoms with Crippen molar-refractivity contribution in [3.05, 3.63) is 88.5 Å². The number of rotatable bonds is 4. The van der Waals surface area contributed by atoms with Gasteiger partial charge < -0.3 is 4.42 Å². The SMILES string of the molecule is CC(C)(C)c1ccc(C=Nn2c(-c3ccco3)csc2=Nc2cccnc2)cc1. The smallest absolute Gasteiger partial charge is 0.211 e. The maximum atomic E-state index is 5.59. The number of nitrogens with zero attached hydrogens (tertiary/aromatic N) is 4. The summed E-state index contributed by atoms with van der Waals surface area (Å²) in [5, 5.41) is 6.70. The van der Waals surface area contributed by atoms with Crippen LogP contribution in [0.1, 0.15) is 31.9 Å². The first-order valence-electron chi connectivity index (χ1n) is 9.35. The number of furan rings is 1. The standard InChI is InChI=1S/C23H22N4OS/c1-23(2,3)18-10-8-17(9-11-18)14-25-27-20(21-7-5-13-28-21)16-29-22(27)26-19-6-4-12-24-15-19/h4-16H,1-3H3. The number of aromatic nitrogens is 2. The molecule has 5 nitrogen and oxygen atoms in total. The average molecular weight is 403 g/mol. The van der Waals surface area contributed by atoms with Crippen LogP contribution in [0, 0.1) is 0 Å². The minimum Gasteiger partial charge on any atom is -0.463 e. The van der Waals surface area contributed by atoms with E-state index in [0.29, 0.717) is 0 Å². The summed E-state index contributed by atoms with van der Waals surface area (Å²) in [5.41, 5.74) is 4.07. The highest BCUT2D eigenvalue weighted by Gasteiger charge is 2.13. The van der Waals surface area contributed by atoms with E-state index >= 15 is 0 Å². The lowest BCUT2D eigenvalue weighted by molar-refractivity contribution is 0.575. The Bertz CT molecular complexity index is 1160. The minimum atomic E-state index is 0.125. The molecule has 0 N–H and O–H groups in total. The Morgan fingerprint density at radius 3 is 2.55 bits per heavy atom. The van der Waals surface area contributed by atoms with Crippen molar-refractivity contribution in [1.82, 2.24) is 9.66 Å². The minimum absolute atomic E-state index is 0.125. The van der Waals surface area contributed by atoms with Gasteiger partial charge in [0.1, 0.15) is 5.69 Å². The first kappa shape index (κ1) is 19.1. The van der Waals surface area contributed by atoms with Crippen molar-refractivity contribution in [3.8, 4) is 11.5 Å². The maximum absolute atomic E-state index is 5.59. The Hall–Kier alpha value is -3.25. The molecule has 0 bridgehead atoms. The topological polar surface area (TPSA) is 55.7 Å². The average Bonchev–Trinajstić information content (AvgIpc) is 3.37. The third kappa shape index (κ3) is 4.43. The van der Waals surface area contributed by atoms with E-state index in [0.717, 1.165) is 27.5 Å². The second-order valence-electron chi connectivity index (χ2n) is 7.63. The zero-order chi connectivity index (χ0) is 20.3. The maximum Gasteiger partial charge on any atom is 0.211 e. The van der Waals surface area contributed by atoms with E-state index in [9.17, 15) is 0 Å². The Morgan fingerprint density at radius 2 is 1.90 bits per heavy atom. The van der Waals surface area contributed by atoms with Crippen molar-refractivity contribution in [3.63, 3.8) is 0 Å². The summed E-state index contributed by atoms with van der Waals surface area (Å²) >= 11 is 1.50. The van der Waals surface area contributed by atoms with Gasteiger partial charge in [-0.2, -0.15) is 5.10 Å². The summed E-state index contributed by atoms with van der Waals surface area (Å²) in [4.78, 5) is 9.57. The molecule has 0 amide bonds. The van der Waals surface area contributed by atoms with Crippen LogP contribution in [0.15, 0.2) is 87.1 Å². The summed E-state index contributed by atoms with van der Waals surface area (Å²) in [6.07, 6.45) is 6.96. The zero-order valence-electron chi connectivity index (χ0n) is 16.6. The molecule has 0 aliphatic heterocycles. The molecule has 4 aromatic rings. The van der Waals surface area contributed by atoms with Gasteiger partial charge in [-0.15, -0.1) is 11.3 Å². The second-order valence-corrected chi connectivity index (χ2v) is 8.47. The normalized spacial score (nSPS) is 12.7. The molecule has 1 aromatic carbocycles. The molecule has 6 heteroatoms. The molecule has 0 saturated carbocycles. The molecule has 3 heterocycles. The van der Waals surface area contributed by atoms with Crippen molar-refractivity contribution >= 4 is 23.2 Å². The highest BCUT2D eigenvalue weighted by atomic mass is 32.1. The Labute approximate surface area is 173 Å². The van der Waals surface area contributed by atoms with Crippen molar-refractivity contribution in [2.24, 2.45) is 10.1 Å². The van der Waals surface area contributed by atoms with E-state index in [2.05, 4.69) is 50.0 Å². The zero-order valence-corrected chi connectivity index (χ0v) is 17.4. The fraction of sp³-hybridized carbons (Fsp3) is 0.174. The van der Waals surface area contributed by atoms with E-state index in [1.807, 2.05) is 35.9 Å². The highest BCUT2D eigenvalue weighted by Crippen LogP contribution is 2.23. The highest BCUT2D eigenvalue weighted by molar-refractivity contribution is 7.07. The lowest BCUT2D eigenvalue weighted by Gasteiger charge is -2.18. The first-order chi connectivity index (χ1) is 14.0. The van der Waals surface area contributed by atoms with Gasteiger partial charge in [0.15, 0.2) is 5.76 Å². The van der Waals surface area contributed by atoms with Crippen molar-refractivity contribution in [1.29, 1.82) is 0 Å². The molecule has 3 aromatic heterocycles. The van der Waals surface area contributed by atoms with Crippen LogP contribution in [0.25, 0.3) is 11.5 Å². The van der Waals surface area contributed by atoms with Gasteiger partial charge in [0.2, 0.25) is 4.80 Å². The Kier molecular flexibility index (Phi) is 5.27. The molecule has 0 spiro atoms. The van der Waals surface area contributed by atoms with Crippen LogP contribution in [-0.4, -0.2) is 15.9 Å². The summed E-state index contributed by atoms with van der Waals surface area (Å²) in [7, 11) is 0. The van der Waals surface area contributed by atoms with Crippen LogP contribution in [0.5, 0.6) is 0 Å². The molecule has 0 radical (unpaired) electrons. The summed E-state index contributed by atoms with van der Waals surface area (Å²) < 4.78 is 7.39. The van der Waals surface area contributed by atoms with Gasteiger partial charge in [-0.1, -0.05) is 45.0 Å². The fourth-order valence-corrected chi connectivity index (χ4v) is 3.64. The van der Waals surface area contributed by atoms with Gasteiger partial charge >= 0.3 is 0 Å². The monoisotopic (exact) mass is 402 g/mol.